The molecule has 3 aromatic carbocycles. The van der Waals surface area contributed by atoms with Gasteiger partial charge in [-0.15, -0.1) is 11.8 Å². The summed E-state index contributed by atoms with van der Waals surface area (Å²) < 4.78 is -0.211. The first-order valence-corrected chi connectivity index (χ1v) is 17.0. The number of aromatic amines is 1. The first-order chi connectivity index (χ1) is 21.6. The Morgan fingerprint density at radius 3 is 2.38 bits per heavy atom. The van der Waals surface area contributed by atoms with Crippen molar-refractivity contribution in [1.29, 1.82) is 0 Å². The molecule has 1 aromatic heterocycles. The number of nitrogens with one attached hydrogen (secondary N) is 1. The molecule has 4 aromatic rings. The summed E-state index contributed by atoms with van der Waals surface area (Å²) in [6.45, 7) is 5.82. The van der Waals surface area contributed by atoms with Crippen LogP contribution >= 0.6 is 39.3 Å². The van der Waals surface area contributed by atoms with E-state index < -0.39 is 10.8 Å². The lowest BCUT2D eigenvalue weighted by Gasteiger charge is -2.42. The number of aryl methyl sites for hydroxylation is 1. The predicted molar refractivity (Wildman–Crippen MR) is 181 cm³/mol. The number of hydrogen-bond acceptors (Lipinski definition) is 4. The summed E-state index contributed by atoms with van der Waals surface area (Å²) in [5.41, 5.74) is 7.69. The molecule has 45 heavy (non-hydrogen) atoms. The SMILES string of the molecule is Cc1ccc(SC2(C(=O)N3CCN(C(=O)C(C)[NH3+])CC3)CC(=O)N(Cc3ccc(Br)cc3)C2c2c[nH]c3cc(Cl)ccc23)cc1. The van der Waals surface area contributed by atoms with Crippen molar-refractivity contribution in [1.82, 2.24) is 19.7 Å². The molecule has 11 heteroatoms. The van der Waals surface area contributed by atoms with Gasteiger partial charge in [0.05, 0.1) is 12.5 Å². The van der Waals surface area contributed by atoms with Crippen molar-refractivity contribution in [2.24, 2.45) is 0 Å². The summed E-state index contributed by atoms with van der Waals surface area (Å²) in [5.74, 6) is -0.195. The molecule has 0 saturated carbocycles. The van der Waals surface area contributed by atoms with E-state index in [1.165, 1.54) is 11.8 Å². The first-order valence-electron chi connectivity index (χ1n) is 15.0. The van der Waals surface area contributed by atoms with Gasteiger partial charge in [-0.1, -0.05) is 63.4 Å². The second-order valence-electron chi connectivity index (χ2n) is 12.0. The van der Waals surface area contributed by atoms with Crippen LogP contribution in [0.5, 0.6) is 0 Å². The smallest absolute Gasteiger partial charge is 0.280 e. The minimum atomic E-state index is -1.16. The number of halogens is 2. The minimum Gasteiger partial charge on any atom is -0.361 e. The van der Waals surface area contributed by atoms with E-state index in [0.717, 1.165) is 37.0 Å². The van der Waals surface area contributed by atoms with E-state index in [2.05, 4.69) is 26.6 Å². The molecular weight excluding hydrogens is 674 g/mol. The lowest BCUT2D eigenvalue weighted by molar-refractivity contribution is -0.400. The second kappa shape index (κ2) is 12.8. The Labute approximate surface area is 280 Å². The number of carbonyl (C=O) groups is 3. The normalized spacial score (nSPS) is 21.0. The lowest BCUT2D eigenvalue weighted by Crippen LogP contribution is -2.68. The highest BCUT2D eigenvalue weighted by Gasteiger charge is 2.60. The van der Waals surface area contributed by atoms with Gasteiger partial charge in [0, 0.05) is 69.8 Å². The Morgan fingerprint density at radius 1 is 1.04 bits per heavy atom. The zero-order chi connectivity index (χ0) is 31.9. The number of rotatable bonds is 7. The van der Waals surface area contributed by atoms with Crippen LogP contribution in [0.3, 0.4) is 0 Å². The van der Waals surface area contributed by atoms with Crippen LogP contribution in [0.25, 0.3) is 10.9 Å². The Hall–Kier alpha value is -3.31. The standard InChI is InChI=1S/C34H35BrClN5O3S/c1-21-3-10-26(11-4-21)45-34(33(44)40-15-13-39(14-16-40)32(43)22(2)37)18-30(42)41(20-23-5-7-24(35)8-6-23)31(34)28-19-38-29-17-25(36)9-12-27(28)29/h3-12,17,19,22,31,38H,13-16,18,20,37H2,1-2H3/p+1. The topological polar surface area (TPSA) is 104 Å². The van der Waals surface area contributed by atoms with Gasteiger partial charge in [0.15, 0.2) is 6.04 Å². The highest BCUT2D eigenvalue weighted by Crippen LogP contribution is 2.55. The van der Waals surface area contributed by atoms with Crippen molar-refractivity contribution in [3.05, 3.63) is 99.1 Å². The lowest BCUT2D eigenvalue weighted by atomic mass is 9.90. The van der Waals surface area contributed by atoms with E-state index in [9.17, 15) is 9.59 Å². The molecule has 2 saturated heterocycles. The van der Waals surface area contributed by atoms with E-state index in [1.54, 1.807) is 11.8 Å². The van der Waals surface area contributed by atoms with Gasteiger partial charge in [-0.2, -0.15) is 0 Å². The third-order valence-electron chi connectivity index (χ3n) is 8.71. The van der Waals surface area contributed by atoms with Crippen LogP contribution in [0.15, 0.2) is 82.3 Å². The molecule has 8 nitrogen and oxygen atoms in total. The molecular formula is C34H36BrClN5O3S+. The number of piperazine rings is 1. The summed E-state index contributed by atoms with van der Waals surface area (Å²) in [5, 5.41) is 1.52. The molecule has 6 rings (SSSR count). The van der Waals surface area contributed by atoms with Crippen LogP contribution in [0.4, 0.5) is 0 Å². The molecule has 0 bridgehead atoms. The number of hydrogen-bond donors (Lipinski definition) is 2. The van der Waals surface area contributed by atoms with Crippen LogP contribution in [0, 0.1) is 6.92 Å². The fourth-order valence-corrected chi connectivity index (χ4v) is 8.31. The number of fused-ring (bicyclic) bond motifs is 1. The van der Waals surface area contributed by atoms with Gasteiger partial charge in [-0.3, -0.25) is 14.4 Å². The fourth-order valence-electron chi connectivity index (χ4n) is 6.40. The van der Waals surface area contributed by atoms with Crippen molar-refractivity contribution < 1.29 is 20.1 Å². The van der Waals surface area contributed by atoms with Gasteiger partial charge in [0.25, 0.3) is 5.91 Å². The second-order valence-corrected chi connectivity index (χ2v) is 14.7. The fraction of sp³-hybridized carbons (Fsp3) is 0.324. The molecule has 3 unspecified atom stereocenters. The molecule has 0 radical (unpaired) electrons. The third-order valence-corrected chi connectivity index (χ3v) is 10.9. The number of H-pyrrole nitrogens is 1. The van der Waals surface area contributed by atoms with E-state index in [-0.39, 0.29) is 30.2 Å². The van der Waals surface area contributed by atoms with Gasteiger partial charge in [-0.05, 0) is 55.8 Å². The maximum Gasteiger partial charge on any atom is 0.280 e. The third kappa shape index (κ3) is 6.25. The quantitative estimate of drug-likeness (QED) is 0.276. The van der Waals surface area contributed by atoms with Gasteiger partial charge in [0.1, 0.15) is 4.75 Å². The van der Waals surface area contributed by atoms with Gasteiger partial charge < -0.3 is 25.4 Å². The average Bonchev–Trinajstić information content (AvgIpc) is 3.55. The summed E-state index contributed by atoms with van der Waals surface area (Å²) in [6.07, 6.45) is 1.96. The number of benzene rings is 3. The Kier molecular flexibility index (Phi) is 9.03. The Morgan fingerprint density at radius 2 is 1.71 bits per heavy atom. The van der Waals surface area contributed by atoms with E-state index in [4.69, 9.17) is 11.6 Å². The van der Waals surface area contributed by atoms with Gasteiger partial charge in [-0.25, -0.2) is 0 Å². The van der Waals surface area contributed by atoms with Crippen LogP contribution in [0.2, 0.25) is 5.02 Å². The van der Waals surface area contributed by atoms with Crippen LogP contribution in [-0.4, -0.2) is 74.4 Å². The van der Waals surface area contributed by atoms with Gasteiger partial charge >= 0.3 is 0 Å². The molecule has 234 valence electrons. The van der Waals surface area contributed by atoms with E-state index in [1.807, 2.05) is 89.7 Å². The molecule has 2 aliphatic rings. The first kappa shape index (κ1) is 31.7. The maximum absolute atomic E-state index is 15.1. The van der Waals surface area contributed by atoms with E-state index in [0.29, 0.717) is 37.7 Å². The Bertz CT molecular complexity index is 1740. The zero-order valence-electron chi connectivity index (χ0n) is 25.3. The molecule has 4 N–H and O–H groups in total. The summed E-state index contributed by atoms with van der Waals surface area (Å²) in [7, 11) is 0. The summed E-state index contributed by atoms with van der Waals surface area (Å²) in [4.78, 5) is 51.8. The number of carbonyl (C=O) groups excluding carboxylic acids is 3. The maximum atomic E-state index is 15.1. The van der Waals surface area contributed by atoms with Crippen molar-refractivity contribution in [3.8, 4) is 0 Å². The molecule has 2 aliphatic heterocycles. The average molecular weight is 710 g/mol. The van der Waals surface area contributed by atoms with Crippen molar-refractivity contribution in [2.45, 2.75) is 48.5 Å². The largest absolute Gasteiger partial charge is 0.361 e. The zero-order valence-corrected chi connectivity index (χ0v) is 28.4. The highest BCUT2D eigenvalue weighted by molar-refractivity contribution is 9.10. The van der Waals surface area contributed by atoms with Crippen molar-refractivity contribution in [3.63, 3.8) is 0 Å². The number of thioether (sulfide) groups is 1. The summed E-state index contributed by atoms with van der Waals surface area (Å²) >= 11 is 11.3. The molecule has 3 atom stereocenters. The summed E-state index contributed by atoms with van der Waals surface area (Å²) in [6, 6.07) is 20.8. The highest BCUT2D eigenvalue weighted by atomic mass is 79.9. The molecule has 2 fully saturated rings. The van der Waals surface area contributed by atoms with Crippen LogP contribution in [0.1, 0.15) is 36.1 Å². The van der Waals surface area contributed by atoms with Gasteiger partial charge in [0.2, 0.25) is 11.8 Å². The Balaban J connectivity index is 1.47. The monoisotopic (exact) mass is 708 g/mol. The van der Waals surface area contributed by atoms with E-state index >= 15 is 4.79 Å². The van der Waals surface area contributed by atoms with Crippen LogP contribution in [-0.2, 0) is 20.9 Å². The van der Waals surface area contributed by atoms with Crippen molar-refractivity contribution >= 4 is 67.9 Å². The van der Waals surface area contributed by atoms with Crippen molar-refractivity contribution in [2.75, 3.05) is 26.2 Å². The number of aromatic nitrogens is 1. The minimum absolute atomic E-state index is 0.0158. The molecule has 3 heterocycles. The molecule has 3 amide bonds. The molecule has 0 aliphatic carbocycles. The number of likely N-dealkylation sites (tertiary alicyclic amines) is 1. The number of quaternary nitrogens is 1. The number of nitrogens with zero attached hydrogens (tertiary/aromatic N) is 3. The molecule has 0 spiro atoms. The predicted octanol–water partition coefficient (Wildman–Crippen LogP) is 5.20. The number of amides is 3. The van der Waals surface area contributed by atoms with Crippen LogP contribution < -0.4 is 5.73 Å².